The van der Waals surface area contributed by atoms with Crippen molar-refractivity contribution in [2.75, 3.05) is 0 Å². The van der Waals surface area contributed by atoms with E-state index in [2.05, 4.69) is 28.0 Å². The van der Waals surface area contributed by atoms with Gasteiger partial charge in [-0.05, 0) is 6.07 Å². The van der Waals surface area contributed by atoms with Gasteiger partial charge in [-0.25, -0.2) is 2.90 Å². The second kappa shape index (κ2) is 1.59. The zero-order valence-corrected chi connectivity index (χ0v) is 5.16. The molecule has 0 aliphatic rings. The molecule has 0 saturated carbocycles. The molecule has 1 aromatic heterocycles. The van der Waals surface area contributed by atoms with Crippen LogP contribution in [-0.4, -0.2) is 7.99 Å². The maximum Gasteiger partial charge on any atom is 0.0843 e. The Bertz CT molecular complexity index is 112. The summed E-state index contributed by atoms with van der Waals surface area (Å²) in [6.07, 6.45) is 3.62. The van der Waals surface area contributed by atoms with E-state index in [4.69, 9.17) is 0 Å². The highest BCUT2D eigenvalue weighted by molar-refractivity contribution is 14.1. The summed E-state index contributed by atoms with van der Waals surface area (Å²) in [5.74, 6) is 0. The number of nitrogens with zero attached hydrogens (tertiary/aromatic N) is 2. The van der Waals surface area contributed by atoms with E-state index in [9.17, 15) is 0 Å². The second-order valence-corrected chi connectivity index (χ2v) is 1.88. The zero-order valence-electron chi connectivity index (χ0n) is 3.00. The van der Waals surface area contributed by atoms with Gasteiger partial charge in [0.2, 0.25) is 0 Å². The van der Waals surface area contributed by atoms with Gasteiger partial charge in [0.25, 0.3) is 0 Å². The Morgan fingerprint density at radius 2 is 2.50 bits per heavy atom. The molecule has 0 N–H and O–H groups in total. The van der Waals surface area contributed by atoms with Gasteiger partial charge in [-0.2, -0.15) is 5.10 Å². The summed E-state index contributed by atoms with van der Waals surface area (Å²) in [4.78, 5) is 0. The van der Waals surface area contributed by atoms with Crippen LogP contribution in [0.2, 0.25) is 0 Å². The van der Waals surface area contributed by atoms with Crippen LogP contribution < -0.4 is 0 Å². The average molecular weight is 194 g/mol. The largest absolute Gasteiger partial charge is 0.212 e. The van der Waals surface area contributed by atoms with Crippen molar-refractivity contribution in [3.8, 4) is 0 Å². The first-order chi connectivity index (χ1) is 2.89. The van der Waals surface area contributed by atoms with E-state index >= 15 is 0 Å². The molecular formula is C3H3IN2. The van der Waals surface area contributed by atoms with Crippen LogP contribution in [0.1, 0.15) is 0 Å². The summed E-state index contributed by atoms with van der Waals surface area (Å²) in [7, 11) is 0. The third kappa shape index (κ3) is 0.707. The highest BCUT2D eigenvalue weighted by Gasteiger charge is 1.71. The number of hydrogen-bond donors (Lipinski definition) is 0. The maximum absolute atomic E-state index is 3.82. The van der Waals surface area contributed by atoms with E-state index in [1.807, 2.05) is 12.3 Å². The van der Waals surface area contributed by atoms with E-state index in [0.29, 0.717) is 0 Å². The first kappa shape index (κ1) is 4.11. The minimum absolute atomic E-state index is 1.72. The lowest BCUT2D eigenvalue weighted by Gasteiger charge is -1.72. The van der Waals surface area contributed by atoms with Gasteiger partial charge in [0, 0.05) is 12.4 Å². The van der Waals surface area contributed by atoms with Crippen LogP contribution in [0, 0.1) is 0 Å². The molecule has 3 heteroatoms. The lowest BCUT2D eigenvalue weighted by molar-refractivity contribution is 1.06. The maximum atomic E-state index is 3.82. The monoisotopic (exact) mass is 194 g/mol. The van der Waals surface area contributed by atoms with E-state index in [-0.39, 0.29) is 0 Å². The number of halogens is 1. The Hall–Kier alpha value is -0.0600. The molecule has 2 nitrogen and oxygen atoms in total. The second-order valence-electron chi connectivity index (χ2n) is 0.895. The molecule has 1 aromatic rings. The molecule has 0 radical (unpaired) electrons. The zero-order chi connectivity index (χ0) is 4.41. The fraction of sp³-hybridized carbons (Fsp3) is 0. The van der Waals surface area contributed by atoms with Crippen molar-refractivity contribution in [3.63, 3.8) is 0 Å². The van der Waals surface area contributed by atoms with E-state index in [1.165, 1.54) is 0 Å². The standard InChI is InChI=1S/C3H3IN2/c4-6-3-1-2-5-6/h1-3H. The minimum atomic E-state index is 1.72. The van der Waals surface area contributed by atoms with Crippen LogP contribution in [0.3, 0.4) is 0 Å². The van der Waals surface area contributed by atoms with Crippen molar-refractivity contribution in [2.24, 2.45) is 0 Å². The summed E-state index contributed by atoms with van der Waals surface area (Å²) in [5, 5.41) is 3.82. The summed E-state index contributed by atoms with van der Waals surface area (Å²) in [6, 6.07) is 1.88. The van der Waals surface area contributed by atoms with Crippen LogP contribution in [0.25, 0.3) is 0 Å². The Morgan fingerprint density at radius 1 is 1.67 bits per heavy atom. The normalized spacial score (nSPS) is 8.83. The molecule has 1 heterocycles. The average Bonchev–Trinajstić information content (AvgIpc) is 1.86. The van der Waals surface area contributed by atoms with Crippen molar-refractivity contribution >= 4 is 22.9 Å². The third-order valence-electron chi connectivity index (χ3n) is 0.472. The van der Waals surface area contributed by atoms with Crippen molar-refractivity contribution in [1.29, 1.82) is 0 Å². The molecule has 0 bridgehead atoms. The van der Waals surface area contributed by atoms with Gasteiger partial charge in [-0.15, -0.1) is 0 Å². The van der Waals surface area contributed by atoms with Gasteiger partial charge in [0.1, 0.15) is 0 Å². The Morgan fingerprint density at radius 3 is 2.67 bits per heavy atom. The highest BCUT2D eigenvalue weighted by Crippen LogP contribution is 1.86. The smallest absolute Gasteiger partial charge is 0.0843 e. The Labute approximate surface area is 49.7 Å². The van der Waals surface area contributed by atoms with Crippen LogP contribution in [0.4, 0.5) is 0 Å². The topological polar surface area (TPSA) is 17.8 Å². The van der Waals surface area contributed by atoms with Crippen LogP contribution in [0.15, 0.2) is 18.5 Å². The molecule has 0 unspecified atom stereocenters. The van der Waals surface area contributed by atoms with Crippen molar-refractivity contribution in [3.05, 3.63) is 18.5 Å². The van der Waals surface area contributed by atoms with Gasteiger partial charge in [-0.1, -0.05) is 0 Å². The highest BCUT2D eigenvalue weighted by atomic mass is 127. The molecule has 0 atom stereocenters. The van der Waals surface area contributed by atoms with Crippen LogP contribution >= 0.6 is 22.9 Å². The van der Waals surface area contributed by atoms with E-state index < -0.39 is 0 Å². The quantitative estimate of drug-likeness (QED) is 0.565. The van der Waals surface area contributed by atoms with Crippen LogP contribution in [0.5, 0.6) is 0 Å². The van der Waals surface area contributed by atoms with Gasteiger partial charge in [0.15, 0.2) is 0 Å². The number of hydrogen-bond acceptors (Lipinski definition) is 1. The van der Waals surface area contributed by atoms with Crippen LogP contribution in [-0.2, 0) is 0 Å². The number of aromatic nitrogens is 2. The summed E-state index contributed by atoms with van der Waals surface area (Å²) in [6.45, 7) is 0. The van der Waals surface area contributed by atoms with Gasteiger partial charge >= 0.3 is 0 Å². The predicted octanol–water partition coefficient (Wildman–Crippen LogP) is 1.08. The Balaban J connectivity index is 3.05. The number of rotatable bonds is 0. The fourth-order valence-corrected chi connectivity index (χ4v) is 0.580. The SMILES string of the molecule is In1cccn1. The molecule has 0 amide bonds. The van der Waals surface area contributed by atoms with Crippen molar-refractivity contribution in [2.45, 2.75) is 0 Å². The minimum Gasteiger partial charge on any atom is -0.212 e. The summed E-state index contributed by atoms with van der Waals surface area (Å²) >= 11 is 2.08. The first-order valence-electron chi connectivity index (χ1n) is 1.55. The molecule has 0 saturated heterocycles. The molecule has 0 spiro atoms. The van der Waals surface area contributed by atoms with E-state index in [0.717, 1.165) is 0 Å². The van der Waals surface area contributed by atoms with Crippen molar-refractivity contribution < 1.29 is 0 Å². The lowest BCUT2D eigenvalue weighted by atomic mass is 10.8. The molecule has 0 aromatic carbocycles. The van der Waals surface area contributed by atoms with E-state index in [1.54, 1.807) is 9.09 Å². The third-order valence-corrected chi connectivity index (χ3v) is 1.04. The Kier molecular flexibility index (Phi) is 1.09. The molecule has 0 aliphatic heterocycles. The molecule has 0 aliphatic carbocycles. The molecule has 32 valence electrons. The predicted molar refractivity (Wildman–Crippen MR) is 31.6 cm³/mol. The van der Waals surface area contributed by atoms with Gasteiger partial charge < -0.3 is 0 Å². The molecule has 1 rings (SSSR count). The van der Waals surface area contributed by atoms with Gasteiger partial charge in [-0.3, -0.25) is 0 Å². The summed E-state index contributed by atoms with van der Waals surface area (Å²) in [5.41, 5.74) is 0. The van der Waals surface area contributed by atoms with Gasteiger partial charge in [0.05, 0.1) is 22.9 Å². The van der Waals surface area contributed by atoms with Crippen molar-refractivity contribution in [1.82, 2.24) is 7.99 Å². The first-order valence-corrected chi connectivity index (χ1v) is 2.52. The summed E-state index contributed by atoms with van der Waals surface area (Å²) < 4.78 is 1.72. The fourth-order valence-electron chi connectivity index (χ4n) is 0.250. The molecule has 6 heavy (non-hydrogen) atoms. The molecular weight excluding hydrogens is 191 g/mol. The molecule has 0 fully saturated rings. The lowest BCUT2D eigenvalue weighted by Crippen LogP contribution is -1.71.